The van der Waals surface area contributed by atoms with E-state index in [1.807, 2.05) is 12.1 Å². The van der Waals surface area contributed by atoms with Crippen molar-refractivity contribution in [1.82, 2.24) is 4.57 Å². The molecule has 210 valence electrons. The van der Waals surface area contributed by atoms with Gasteiger partial charge in [-0.05, 0) is 62.2 Å². The molecule has 1 aromatic heterocycles. The number of benzene rings is 2. The molecule has 0 bridgehead atoms. The molecule has 0 spiro atoms. The average molecular weight is 567 g/mol. The third-order valence-corrected chi connectivity index (χ3v) is 7.07. The Hall–Kier alpha value is -4.38. The van der Waals surface area contributed by atoms with Crippen molar-refractivity contribution in [1.29, 1.82) is 0 Å². The van der Waals surface area contributed by atoms with E-state index in [2.05, 4.69) is 4.99 Å². The average Bonchev–Trinajstić information content (AvgIpc) is 3.25. The lowest BCUT2D eigenvalue weighted by Gasteiger charge is -2.24. The highest BCUT2D eigenvalue weighted by Gasteiger charge is 2.33. The number of allylic oxidation sites excluding steroid dienone is 1. The van der Waals surface area contributed by atoms with Crippen LogP contribution in [-0.4, -0.2) is 50.5 Å². The quantitative estimate of drug-likeness (QED) is 0.344. The molecule has 4 rings (SSSR count). The minimum atomic E-state index is -0.725. The summed E-state index contributed by atoms with van der Waals surface area (Å²) >= 11 is 1.22. The molecule has 0 saturated heterocycles. The Kier molecular flexibility index (Phi) is 9.05. The van der Waals surface area contributed by atoms with Crippen molar-refractivity contribution in [2.45, 2.75) is 26.8 Å². The zero-order chi connectivity index (χ0) is 28.8. The maximum Gasteiger partial charge on any atom is 0.344 e. The molecule has 0 fully saturated rings. The monoisotopic (exact) mass is 566 g/mol. The van der Waals surface area contributed by atoms with Gasteiger partial charge in [0, 0.05) is 0 Å². The van der Waals surface area contributed by atoms with Gasteiger partial charge >= 0.3 is 11.9 Å². The molecule has 2 heterocycles. The van der Waals surface area contributed by atoms with E-state index in [9.17, 15) is 14.4 Å². The first-order valence-corrected chi connectivity index (χ1v) is 13.4. The third-order valence-electron chi connectivity index (χ3n) is 6.08. The smallest absolute Gasteiger partial charge is 0.344 e. The van der Waals surface area contributed by atoms with Crippen LogP contribution in [0, 0.1) is 0 Å². The van der Waals surface area contributed by atoms with Gasteiger partial charge in [-0.25, -0.2) is 14.6 Å². The van der Waals surface area contributed by atoms with E-state index in [-0.39, 0.29) is 25.4 Å². The number of rotatable bonds is 10. The van der Waals surface area contributed by atoms with Gasteiger partial charge in [0.2, 0.25) is 0 Å². The second-order valence-electron chi connectivity index (χ2n) is 8.58. The molecule has 0 unspecified atom stereocenters. The fourth-order valence-corrected chi connectivity index (χ4v) is 5.32. The minimum Gasteiger partial charge on any atom is -0.497 e. The fraction of sp³-hybridized carbons (Fsp3) is 0.310. The van der Waals surface area contributed by atoms with Crippen molar-refractivity contribution in [3.05, 3.63) is 84.5 Å². The summed E-state index contributed by atoms with van der Waals surface area (Å²) in [7, 11) is 3.05. The van der Waals surface area contributed by atoms with Crippen molar-refractivity contribution in [2.75, 3.05) is 34.0 Å². The molecule has 40 heavy (non-hydrogen) atoms. The van der Waals surface area contributed by atoms with Gasteiger partial charge in [-0.2, -0.15) is 0 Å². The summed E-state index contributed by atoms with van der Waals surface area (Å²) in [5.41, 5.74) is 1.87. The predicted octanol–water partition coefficient (Wildman–Crippen LogP) is 2.76. The predicted molar refractivity (Wildman–Crippen MR) is 149 cm³/mol. The van der Waals surface area contributed by atoms with Crippen LogP contribution in [0.5, 0.6) is 17.2 Å². The molecule has 1 aliphatic heterocycles. The summed E-state index contributed by atoms with van der Waals surface area (Å²) in [4.78, 5) is 43.5. The maximum absolute atomic E-state index is 13.8. The molecule has 10 nitrogen and oxygen atoms in total. The first-order chi connectivity index (χ1) is 19.3. The Balaban J connectivity index is 1.78. The molecule has 0 amide bonds. The van der Waals surface area contributed by atoms with E-state index in [1.54, 1.807) is 64.3 Å². The van der Waals surface area contributed by atoms with E-state index in [0.29, 0.717) is 43.4 Å². The van der Waals surface area contributed by atoms with Crippen molar-refractivity contribution in [2.24, 2.45) is 4.99 Å². The van der Waals surface area contributed by atoms with Gasteiger partial charge in [-0.3, -0.25) is 9.36 Å². The molecule has 2 aromatic carbocycles. The summed E-state index contributed by atoms with van der Waals surface area (Å²) in [6, 6.07) is 11.6. The molecule has 3 aromatic rings. The number of ether oxygens (including phenoxy) is 5. The van der Waals surface area contributed by atoms with Crippen LogP contribution >= 0.6 is 11.3 Å². The standard InChI is InChI=1S/C29H30N2O8S/c1-6-37-24(32)16-39-21-13-8-18(14-22(21)36-5)15-23-27(33)31-26(19-9-11-20(35-4)12-10-19)25(28(34)38-7-2)17(3)30-29(31)40-23/h8-15,26H,6-7,16H2,1-5H3/b23-15-/t26-/m1/s1. The first kappa shape index (κ1) is 28.6. The molecule has 0 saturated carbocycles. The van der Waals surface area contributed by atoms with Crippen molar-refractivity contribution < 1.29 is 33.3 Å². The number of hydrogen-bond donors (Lipinski definition) is 0. The number of thiazole rings is 1. The van der Waals surface area contributed by atoms with Crippen LogP contribution in [0.2, 0.25) is 0 Å². The van der Waals surface area contributed by atoms with Gasteiger partial charge in [0.15, 0.2) is 22.9 Å². The van der Waals surface area contributed by atoms with Gasteiger partial charge < -0.3 is 23.7 Å². The Labute approximate surface area is 234 Å². The number of esters is 2. The normalized spacial score (nSPS) is 14.7. The summed E-state index contributed by atoms with van der Waals surface area (Å²) in [5, 5.41) is 0. The van der Waals surface area contributed by atoms with Crippen molar-refractivity contribution in [3.8, 4) is 17.2 Å². The highest BCUT2D eigenvalue weighted by molar-refractivity contribution is 7.07. The number of carbonyl (C=O) groups excluding carboxylic acids is 2. The van der Waals surface area contributed by atoms with Crippen LogP contribution in [0.25, 0.3) is 6.08 Å². The lowest BCUT2D eigenvalue weighted by molar-refractivity contribution is -0.145. The fourth-order valence-electron chi connectivity index (χ4n) is 4.28. The number of fused-ring (bicyclic) bond motifs is 1. The molecular formula is C29H30N2O8S. The van der Waals surface area contributed by atoms with E-state index in [4.69, 9.17) is 23.7 Å². The topological polar surface area (TPSA) is 115 Å². The van der Waals surface area contributed by atoms with Gasteiger partial charge in [0.05, 0.1) is 49.3 Å². The lowest BCUT2D eigenvalue weighted by Crippen LogP contribution is -2.39. The van der Waals surface area contributed by atoms with Gasteiger partial charge in [0.1, 0.15) is 5.75 Å². The van der Waals surface area contributed by atoms with Crippen LogP contribution < -0.4 is 29.1 Å². The van der Waals surface area contributed by atoms with Crippen molar-refractivity contribution in [3.63, 3.8) is 0 Å². The number of methoxy groups -OCH3 is 2. The Morgan fingerprint density at radius 3 is 2.38 bits per heavy atom. The maximum atomic E-state index is 13.8. The van der Waals surface area contributed by atoms with Gasteiger partial charge in [0.25, 0.3) is 5.56 Å². The van der Waals surface area contributed by atoms with E-state index in [0.717, 1.165) is 5.56 Å². The highest BCUT2D eigenvalue weighted by atomic mass is 32.1. The summed E-state index contributed by atoms with van der Waals surface area (Å²) < 4.78 is 28.4. The Morgan fingerprint density at radius 1 is 1.00 bits per heavy atom. The third kappa shape index (κ3) is 5.94. The number of nitrogens with zero attached hydrogens (tertiary/aromatic N) is 2. The van der Waals surface area contributed by atoms with Crippen LogP contribution in [0.1, 0.15) is 37.9 Å². The number of hydrogen-bond acceptors (Lipinski definition) is 10. The summed E-state index contributed by atoms with van der Waals surface area (Å²) in [6.45, 7) is 5.38. The molecule has 11 heteroatoms. The molecule has 0 radical (unpaired) electrons. The lowest BCUT2D eigenvalue weighted by atomic mass is 9.96. The highest BCUT2D eigenvalue weighted by Crippen LogP contribution is 2.32. The van der Waals surface area contributed by atoms with E-state index >= 15 is 0 Å². The summed E-state index contributed by atoms with van der Waals surface area (Å²) in [5.74, 6) is 0.393. The molecular weight excluding hydrogens is 536 g/mol. The minimum absolute atomic E-state index is 0.191. The van der Waals surface area contributed by atoms with Crippen molar-refractivity contribution >= 4 is 29.4 Å². The number of carbonyl (C=O) groups is 2. The van der Waals surface area contributed by atoms with E-state index in [1.165, 1.54) is 23.0 Å². The Morgan fingerprint density at radius 2 is 1.73 bits per heavy atom. The van der Waals surface area contributed by atoms with Gasteiger partial charge in [-0.15, -0.1) is 0 Å². The molecule has 1 atom stereocenters. The van der Waals surface area contributed by atoms with Crippen LogP contribution in [-0.2, 0) is 19.1 Å². The van der Waals surface area contributed by atoms with Crippen LogP contribution in [0.3, 0.4) is 0 Å². The Bertz CT molecular complexity index is 1620. The zero-order valence-corrected chi connectivity index (χ0v) is 23.7. The largest absolute Gasteiger partial charge is 0.497 e. The zero-order valence-electron chi connectivity index (χ0n) is 22.9. The SMILES string of the molecule is CCOC(=O)COc1ccc(/C=c2\sc3n(c2=O)[C@H](c2ccc(OC)cc2)C(C(=O)OCC)=C(C)N=3)cc1OC. The molecule has 1 aliphatic rings. The second kappa shape index (κ2) is 12.6. The molecule has 0 N–H and O–H groups in total. The van der Waals surface area contributed by atoms with E-state index < -0.39 is 18.0 Å². The number of aromatic nitrogens is 1. The summed E-state index contributed by atoms with van der Waals surface area (Å²) in [6.07, 6.45) is 1.72. The van der Waals surface area contributed by atoms with Crippen LogP contribution in [0.4, 0.5) is 0 Å². The van der Waals surface area contributed by atoms with Gasteiger partial charge in [-0.1, -0.05) is 29.5 Å². The molecule has 0 aliphatic carbocycles. The first-order valence-electron chi connectivity index (χ1n) is 12.6. The second-order valence-corrected chi connectivity index (χ2v) is 9.59. The van der Waals surface area contributed by atoms with Crippen LogP contribution in [0.15, 0.2) is 63.5 Å².